The molecule has 0 heterocycles. The average Bonchev–Trinajstić information content (AvgIpc) is 1.12. The molecule has 0 aliphatic carbocycles. The maximum atomic E-state index is 2.23. The second kappa shape index (κ2) is 11.6. The Morgan fingerprint density at radius 3 is 0.538 bits per heavy atom. The van der Waals surface area contributed by atoms with Gasteiger partial charge in [0.1, 0.15) is 0 Å². The van der Waals surface area contributed by atoms with Gasteiger partial charge >= 0.3 is 93.5 Å². The predicted octanol–water partition coefficient (Wildman–Crippen LogP) is 2.39. The minimum absolute atomic E-state index is 0. The normalized spacial score (nSPS) is 9.38. The van der Waals surface area contributed by atoms with Crippen LogP contribution in [0.15, 0.2) is 0 Å². The molecule has 0 aliphatic rings. The van der Waals surface area contributed by atoms with Gasteiger partial charge in [-0.15, -0.1) is 0 Å². The minimum atomic E-state index is 0. The summed E-state index contributed by atoms with van der Waals surface area (Å²) < 4.78 is 1.18. The van der Waals surface area contributed by atoms with Gasteiger partial charge < -0.3 is 16.4 Å². The molecule has 0 bridgehead atoms. The Balaban J connectivity index is -0.0000000267. The van der Waals surface area contributed by atoms with Crippen LogP contribution in [0.1, 0.15) is 41.5 Å². The van der Waals surface area contributed by atoms with Gasteiger partial charge in [-0.2, -0.15) is 0 Å². The molecule has 0 aliphatic heterocycles. The SMILES string of the molecule is C[C](C)(C)[Sn+3].C[C](C)(C)[Sn+3].[O-2].[O-2].[O-2]. The van der Waals surface area contributed by atoms with Gasteiger partial charge in [-0.3, -0.25) is 0 Å². The summed E-state index contributed by atoms with van der Waals surface area (Å²) in [5.41, 5.74) is 0. The van der Waals surface area contributed by atoms with E-state index in [4.69, 9.17) is 0 Å². The smallest absolute Gasteiger partial charge is 2.00 e. The van der Waals surface area contributed by atoms with Crippen LogP contribution in [-0.2, 0) is 16.4 Å². The van der Waals surface area contributed by atoms with Crippen LogP contribution in [0.2, 0.25) is 6.86 Å². The molecule has 0 spiro atoms. The molecule has 3 nitrogen and oxygen atoms in total. The van der Waals surface area contributed by atoms with E-state index in [9.17, 15) is 0 Å². The maximum absolute atomic E-state index is 2.23. The van der Waals surface area contributed by atoms with Crippen LogP contribution in [0.3, 0.4) is 0 Å². The molecule has 0 aromatic rings. The Hall–Kier alpha value is 1.48. The van der Waals surface area contributed by atoms with Gasteiger partial charge in [-0.05, 0) is 0 Å². The monoisotopic (exact) mass is 402 g/mol. The molecule has 0 atom stereocenters. The number of rotatable bonds is 0. The Bertz CT molecular complexity index is 60.4. The van der Waals surface area contributed by atoms with Gasteiger partial charge in [0.2, 0.25) is 0 Å². The van der Waals surface area contributed by atoms with Crippen molar-refractivity contribution in [1.82, 2.24) is 0 Å². The van der Waals surface area contributed by atoms with Crippen molar-refractivity contribution in [3.8, 4) is 0 Å². The Labute approximate surface area is 109 Å². The Morgan fingerprint density at radius 2 is 0.538 bits per heavy atom. The van der Waals surface area contributed by atoms with Gasteiger partial charge in [-0.25, -0.2) is 0 Å². The minimum Gasteiger partial charge on any atom is -2.00 e. The fourth-order valence-electron chi connectivity index (χ4n) is 0. The molecule has 76 valence electrons. The summed E-state index contributed by atoms with van der Waals surface area (Å²) >= 11 is 3.24. The van der Waals surface area contributed by atoms with Crippen LogP contribution in [0.25, 0.3) is 0 Å². The van der Waals surface area contributed by atoms with Crippen LogP contribution in [-0.4, -0.2) is 45.0 Å². The molecular weight excluding hydrogens is 382 g/mol. The van der Waals surface area contributed by atoms with E-state index in [1.165, 1.54) is 0 Å². The van der Waals surface area contributed by atoms with Crippen LogP contribution in [0.4, 0.5) is 0 Å². The fraction of sp³-hybridized carbons (Fsp3) is 1.00. The molecule has 0 saturated carbocycles. The first-order chi connectivity index (χ1) is 4.00. The van der Waals surface area contributed by atoms with Crippen LogP contribution >= 0.6 is 0 Å². The second-order valence-electron chi connectivity index (χ2n) is 4.50. The van der Waals surface area contributed by atoms with Crippen LogP contribution in [0.5, 0.6) is 0 Å². The van der Waals surface area contributed by atoms with Crippen molar-refractivity contribution in [3.63, 3.8) is 0 Å². The van der Waals surface area contributed by atoms with Crippen molar-refractivity contribution in [2.45, 2.75) is 48.4 Å². The number of hydrogen-bond acceptors (Lipinski definition) is 0. The Morgan fingerprint density at radius 1 is 0.538 bits per heavy atom. The molecule has 0 unspecified atom stereocenters. The van der Waals surface area contributed by atoms with E-state index < -0.39 is 0 Å². The predicted molar refractivity (Wildman–Crippen MR) is 53.0 cm³/mol. The maximum Gasteiger partial charge on any atom is -2.00 e. The number of hydrogen-bond donors (Lipinski definition) is 0. The fourth-order valence-corrected chi connectivity index (χ4v) is 0. The second-order valence-corrected chi connectivity index (χ2v) is 13.1. The zero-order chi connectivity index (χ0) is 9.00. The summed E-state index contributed by atoms with van der Waals surface area (Å²) in [7, 11) is 0. The van der Waals surface area contributed by atoms with E-state index in [1.54, 1.807) is 45.0 Å². The van der Waals surface area contributed by atoms with Gasteiger partial charge in [0.05, 0.1) is 0 Å². The third-order valence-electron chi connectivity index (χ3n) is 0. The van der Waals surface area contributed by atoms with E-state index >= 15 is 0 Å². The topological polar surface area (TPSA) is 85.5 Å². The molecule has 0 saturated heterocycles. The molecule has 0 radical (unpaired) electrons. The van der Waals surface area contributed by atoms with E-state index in [0.717, 1.165) is 0 Å². The van der Waals surface area contributed by atoms with Crippen molar-refractivity contribution >= 4 is 45.0 Å². The van der Waals surface area contributed by atoms with Gasteiger partial charge in [0.25, 0.3) is 0 Å². The largest absolute Gasteiger partial charge is 2.00 e. The van der Waals surface area contributed by atoms with E-state index in [1.807, 2.05) is 0 Å². The third kappa shape index (κ3) is 813. The van der Waals surface area contributed by atoms with Crippen molar-refractivity contribution in [3.05, 3.63) is 0 Å². The first kappa shape index (κ1) is 29.3. The molecule has 13 heavy (non-hydrogen) atoms. The van der Waals surface area contributed by atoms with E-state index in [2.05, 4.69) is 41.5 Å². The van der Waals surface area contributed by atoms with Crippen molar-refractivity contribution in [1.29, 1.82) is 0 Å². The molecule has 0 aromatic heterocycles. The zero-order valence-electron chi connectivity index (χ0n) is 9.22. The van der Waals surface area contributed by atoms with Gasteiger partial charge in [0, 0.05) is 0 Å². The van der Waals surface area contributed by atoms with Crippen LogP contribution in [0, 0.1) is 0 Å². The zero-order valence-corrected chi connectivity index (χ0v) is 14.9. The molecule has 0 aromatic carbocycles. The summed E-state index contributed by atoms with van der Waals surface area (Å²) in [6, 6.07) is 0. The summed E-state index contributed by atoms with van der Waals surface area (Å²) in [5, 5.41) is 0. The van der Waals surface area contributed by atoms with Gasteiger partial charge in [0.15, 0.2) is 0 Å². The van der Waals surface area contributed by atoms with Crippen molar-refractivity contribution in [2.24, 2.45) is 0 Å². The average molecular weight is 400 g/mol. The quantitative estimate of drug-likeness (QED) is 0.560. The summed E-state index contributed by atoms with van der Waals surface area (Å²) in [4.78, 5) is 0. The molecule has 0 N–H and O–H groups in total. The van der Waals surface area contributed by atoms with Crippen LogP contribution < -0.4 is 0 Å². The first-order valence-electron chi connectivity index (χ1n) is 3.50. The van der Waals surface area contributed by atoms with E-state index in [-0.39, 0.29) is 16.4 Å². The summed E-state index contributed by atoms with van der Waals surface area (Å²) in [5.74, 6) is 0. The van der Waals surface area contributed by atoms with Crippen molar-refractivity contribution in [2.75, 3.05) is 0 Å². The molecule has 0 fully saturated rings. The first-order valence-corrected chi connectivity index (χ1v) is 6.35. The summed E-state index contributed by atoms with van der Waals surface area (Å²) in [6.07, 6.45) is 0. The third-order valence-corrected chi connectivity index (χ3v) is 0. The van der Waals surface area contributed by atoms with Crippen molar-refractivity contribution < 1.29 is 16.4 Å². The van der Waals surface area contributed by atoms with Gasteiger partial charge in [-0.1, -0.05) is 0 Å². The molecule has 0 amide bonds. The molecule has 0 rings (SSSR count). The Kier molecular flexibility index (Phi) is 26.0. The molecule has 5 heteroatoms. The standard InChI is InChI=1S/2C4H9.3O.2Sn/c2*1-4(2)3;;;;;/h2*1-3H3;;;;;/q;;3*-2;2*+3. The molecular formula is C8H18O3Sn2. The van der Waals surface area contributed by atoms with E-state index in [0.29, 0.717) is 6.86 Å². The summed E-state index contributed by atoms with van der Waals surface area (Å²) in [6.45, 7) is 13.4.